The molecule has 0 saturated heterocycles. The van der Waals surface area contributed by atoms with Crippen LogP contribution in [0.2, 0.25) is 0 Å². The molecule has 2 rings (SSSR count). The van der Waals surface area contributed by atoms with Gasteiger partial charge in [0.1, 0.15) is 12.1 Å². The minimum absolute atomic E-state index is 0.224. The number of benzene rings is 1. The van der Waals surface area contributed by atoms with Gasteiger partial charge in [0, 0.05) is 6.54 Å². The summed E-state index contributed by atoms with van der Waals surface area (Å²) in [5, 5.41) is 13.6. The summed E-state index contributed by atoms with van der Waals surface area (Å²) < 4.78 is 15.0. The summed E-state index contributed by atoms with van der Waals surface area (Å²) in [6.07, 6.45) is 1.63. The van der Waals surface area contributed by atoms with Gasteiger partial charge in [-0.3, -0.25) is 0 Å². The van der Waals surface area contributed by atoms with Crippen molar-refractivity contribution in [3.8, 4) is 0 Å². The Morgan fingerprint density at radius 2 is 1.96 bits per heavy atom. The number of aromatic nitrogens is 3. The Labute approximate surface area is 141 Å². The van der Waals surface area contributed by atoms with Crippen molar-refractivity contribution < 1.29 is 9.18 Å². The molecule has 130 valence electrons. The van der Waals surface area contributed by atoms with Crippen LogP contribution < -0.4 is 10.6 Å². The van der Waals surface area contributed by atoms with Crippen molar-refractivity contribution in [3.63, 3.8) is 0 Å². The molecule has 2 N–H and O–H groups in total. The largest absolute Gasteiger partial charge is 0.331 e. The Bertz CT molecular complexity index is 675. The van der Waals surface area contributed by atoms with Crippen molar-refractivity contribution in [2.45, 2.75) is 46.8 Å². The second-order valence-corrected chi connectivity index (χ2v) is 6.71. The Morgan fingerprint density at radius 3 is 2.54 bits per heavy atom. The van der Waals surface area contributed by atoms with Crippen LogP contribution >= 0.6 is 0 Å². The number of amides is 2. The fourth-order valence-electron chi connectivity index (χ4n) is 2.48. The average Bonchev–Trinajstić information content (AvgIpc) is 2.98. The van der Waals surface area contributed by atoms with Crippen molar-refractivity contribution in [2.75, 3.05) is 0 Å². The fourth-order valence-corrected chi connectivity index (χ4v) is 2.48. The zero-order valence-corrected chi connectivity index (χ0v) is 14.5. The number of hydrogen-bond donors (Lipinski definition) is 2. The summed E-state index contributed by atoms with van der Waals surface area (Å²) in [5.74, 6) is 0.400. The summed E-state index contributed by atoms with van der Waals surface area (Å²) in [7, 11) is 0. The number of aryl methyl sites for hydroxylation is 1. The molecule has 0 fully saturated rings. The van der Waals surface area contributed by atoms with E-state index in [0.717, 1.165) is 12.1 Å². The molecule has 0 aliphatic heterocycles. The van der Waals surface area contributed by atoms with E-state index in [1.165, 1.54) is 12.1 Å². The summed E-state index contributed by atoms with van der Waals surface area (Å²) >= 11 is 0. The van der Waals surface area contributed by atoms with Gasteiger partial charge in [0.05, 0.1) is 12.6 Å². The van der Waals surface area contributed by atoms with Crippen molar-refractivity contribution in [1.82, 2.24) is 25.4 Å². The van der Waals surface area contributed by atoms with Crippen LogP contribution in [0.3, 0.4) is 0 Å². The monoisotopic (exact) mass is 333 g/mol. The molecular weight excluding hydrogens is 309 g/mol. The number of halogens is 1. The highest BCUT2D eigenvalue weighted by molar-refractivity contribution is 5.74. The average molecular weight is 333 g/mol. The number of nitrogens with one attached hydrogen (secondary N) is 2. The molecule has 1 atom stereocenters. The van der Waals surface area contributed by atoms with Crippen molar-refractivity contribution in [3.05, 3.63) is 47.8 Å². The van der Waals surface area contributed by atoms with Crippen LogP contribution in [0.25, 0.3) is 0 Å². The highest BCUT2D eigenvalue weighted by atomic mass is 19.1. The highest BCUT2D eigenvalue weighted by Gasteiger charge is 2.28. The summed E-state index contributed by atoms with van der Waals surface area (Å²) in [4.78, 5) is 12.3. The minimum Gasteiger partial charge on any atom is -0.331 e. The lowest BCUT2D eigenvalue weighted by molar-refractivity contribution is 0.217. The molecule has 2 aromatic rings. The van der Waals surface area contributed by atoms with E-state index < -0.39 is 0 Å². The van der Waals surface area contributed by atoms with Gasteiger partial charge in [0.15, 0.2) is 5.82 Å². The van der Waals surface area contributed by atoms with E-state index in [1.54, 1.807) is 18.5 Å². The third-order valence-corrected chi connectivity index (χ3v) is 3.79. The topological polar surface area (TPSA) is 71.8 Å². The third kappa shape index (κ3) is 4.53. The van der Waals surface area contributed by atoms with Gasteiger partial charge in [0.2, 0.25) is 0 Å². The number of carbonyl (C=O) groups is 1. The predicted molar refractivity (Wildman–Crippen MR) is 89.7 cm³/mol. The van der Waals surface area contributed by atoms with E-state index in [1.807, 2.05) is 32.3 Å². The maximum atomic E-state index is 13.1. The van der Waals surface area contributed by atoms with E-state index in [2.05, 4.69) is 20.8 Å². The van der Waals surface area contributed by atoms with Gasteiger partial charge in [-0.2, -0.15) is 0 Å². The number of carbonyl (C=O) groups excluding carboxylic acids is 1. The zero-order chi connectivity index (χ0) is 17.7. The van der Waals surface area contributed by atoms with Crippen molar-refractivity contribution in [2.24, 2.45) is 5.41 Å². The molecular formula is C17H24FN5O. The van der Waals surface area contributed by atoms with Gasteiger partial charge in [-0.15, -0.1) is 10.2 Å². The molecule has 1 aromatic carbocycles. The molecule has 1 unspecified atom stereocenters. The third-order valence-electron chi connectivity index (χ3n) is 3.79. The molecule has 0 aliphatic rings. The maximum absolute atomic E-state index is 13.1. The predicted octanol–water partition coefficient (Wildman–Crippen LogP) is 3.02. The first kappa shape index (κ1) is 17.9. The van der Waals surface area contributed by atoms with E-state index in [4.69, 9.17) is 0 Å². The number of urea groups is 1. The van der Waals surface area contributed by atoms with Crippen LogP contribution in [0.1, 0.15) is 45.1 Å². The van der Waals surface area contributed by atoms with Crippen LogP contribution in [-0.4, -0.2) is 20.8 Å². The molecule has 0 aliphatic carbocycles. The van der Waals surface area contributed by atoms with Crippen LogP contribution in [0.15, 0.2) is 30.6 Å². The van der Waals surface area contributed by atoms with E-state index >= 15 is 0 Å². The first-order chi connectivity index (χ1) is 11.3. The fraction of sp³-hybridized carbons (Fsp3) is 0.471. The Balaban J connectivity index is 2.04. The quantitative estimate of drug-likeness (QED) is 0.883. The first-order valence-corrected chi connectivity index (χ1v) is 7.97. The molecule has 0 saturated carbocycles. The number of hydrogen-bond acceptors (Lipinski definition) is 3. The molecule has 1 aromatic heterocycles. The van der Waals surface area contributed by atoms with E-state index in [0.29, 0.717) is 12.4 Å². The molecule has 0 radical (unpaired) electrons. The SMILES string of the molecule is CCn1cnnc1CNC(=O)NC(c1ccc(F)cc1)C(C)(C)C. The van der Waals surface area contributed by atoms with Gasteiger partial charge < -0.3 is 15.2 Å². The second kappa shape index (κ2) is 7.42. The number of rotatable bonds is 5. The van der Waals surface area contributed by atoms with Crippen LogP contribution in [0, 0.1) is 11.2 Å². The standard InChI is InChI=1S/C17H24FN5O/c1-5-23-11-20-22-14(23)10-19-16(24)21-15(17(2,3)4)12-6-8-13(18)9-7-12/h6-9,11,15H,5,10H2,1-4H3,(H2,19,21,24). The second-order valence-electron chi connectivity index (χ2n) is 6.71. The van der Waals surface area contributed by atoms with Crippen molar-refractivity contribution >= 4 is 6.03 Å². The molecule has 6 nitrogen and oxygen atoms in total. The van der Waals surface area contributed by atoms with Crippen LogP contribution in [0.5, 0.6) is 0 Å². The lowest BCUT2D eigenvalue weighted by Gasteiger charge is -2.32. The Hall–Kier alpha value is -2.44. The van der Waals surface area contributed by atoms with Gasteiger partial charge in [0.25, 0.3) is 0 Å². The minimum atomic E-state index is -0.301. The van der Waals surface area contributed by atoms with Crippen LogP contribution in [-0.2, 0) is 13.1 Å². The first-order valence-electron chi connectivity index (χ1n) is 7.97. The molecule has 1 heterocycles. The molecule has 24 heavy (non-hydrogen) atoms. The van der Waals surface area contributed by atoms with Crippen molar-refractivity contribution in [1.29, 1.82) is 0 Å². The van der Waals surface area contributed by atoms with Gasteiger partial charge in [-0.05, 0) is 30.0 Å². The lowest BCUT2D eigenvalue weighted by atomic mass is 9.82. The van der Waals surface area contributed by atoms with Crippen LogP contribution in [0.4, 0.5) is 9.18 Å². The highest BCUT2D eigenvalue weighted by Crippen LogP contribution is 2.32. The normalized spacial score (nSPS) is 12.7. The lowest BCUT2D eigenvalue weighted by Crippen LogP contribution is -2.42. The summed E-state index contributed by atoms with van der Waals surface area (Å²) in [6, 6.07) is 5.64. The van der Waals surface area contributed by atoms with Gasteiger partial charge in [-0.1, -0.05) is 32.9 Å². The van der Waals surface area contributed by atoms with E-state index in [9.17, 15) is 9.18 Å². The maximum Gasteiger partial charge on any atom is 0.315 e. The van der Waals surface area contributed by atoms with Gasteiger partial charge >= 0.3 is 6.03 Å². The zero-order valence-electron chi connectivity index (χ0n) is 14.5. The summed E-state index contributed by atoms with van der Waals surface area (Å²) in [6.45, 7) is 9.09. The summed E-state index contributed by atoms with van der Waals surface area (Å²) in [5.41, 5.74) is 0.634. The molecule has 0 bridgehead atoms. The molecule has 0 spiro atoms. The van der Waals surface area contributed by atoms with Gasteiger partial charge in [-0.25, -0.2) is 9.18 Å². The smallest absolute Gasteiger partial charge is 0.315 e. The number of nitrogens with zero attached hydrogens (tertiary/aromatic N) is 3. The Morgan fingerprint density at radius 1 is 1.29 bits per heavy atom. The Kier molecular flexibility index (Phi) is 5.54. The molecule has 2 amide bonds. The van der Waals surface area contributed by atoms with E-state index in [-0.39, 0.29) is 23.3 Å². The molecule has 7 heteroatoms.